The number of nitrogens with zero attached hydrogens (tertiary/aromatic N) is 2. The normalized spacial score (nSPS) is 10.2. The van der Waals surface area contributed by atoms with Gasteiger partial charge in [-0.3, -0.25) is 14.9 Å². The number of nitro benzene ring substituents is 1. The van der Waals surface area contributed by atoms with E-state index in [1.165, 1.54) is 6.07 Å². The van der Waals surface area contributed by atoms with Crippen LogP contribution in [-0.2, 0) is 6.54 Å². The Morgan fingerprint density at radius 1 is 1.33 bits per heavy atom. The van der Waals surface area contributed by atoms with Crippen molar-refractivity contribution in [1.29, 1.82) is 0 Å². The first kappa shape index (κ1) is 14.9. The van der Waals surface area contributed by atoms with E-state index in [1.807, 2.05) is 0 Å². The summed E-state index contributed by atoms with van der Waals surface area (Å²) < 4.78 is 0. The maximum atomic E-state index is 11.9. The maximum absolute atomic E-state index is 11.9. The standard InChI is InChI=1S/C14H12ClN3O3/c1-9-10(4-2-6-12(9)18(20)21)8-16-14(19)11-5-3-7-13(15)17-11/h2-7H,8H2,1H3,(H,16,19). The number of amides is 1. The van der Waals surface area contributed by atoms with Crippen LogP contribution in [0, 0.1) is 17.0 Å². The maximum Gasteiger partial charge on any atom is 0.272 e. The minimum Gasteiger partial charge on any atom is -0.347 e. The van der Waals surface area contributed by atoms with E-state index >= 15 is 0 Å². The minimum atomic E-state index is -0.445. The highest BCUT2D eigenvalue weighted by Crippen LogP contribution is 2.20. The van der Waals surface area contributed by atoms with Crippen molar-refractivity contribution in [2.24, 2.45) is 0 Å². The molecule has 0 fully saturated rings. The second-order valence-electron chi connectivity index (χ2n) is 4.35. The van der Waals surface area contributed by atoms with E-state index < -0.39 is 4.92 Å². The Balaban J connectivity index is 2.12. The molecule has 0 radical (unpaired) electrons. The molecule has 0 aliphatic heterocycles. The lowest BCUT2D eigenvalue weighted by molar-refractivity contribution is -0.385. The van der Waals surface area contributed by atoms with Crippen LogP contribution in [0.4, 0.5) is 5.69 Å². The molecule has 1 amide bonds. The lowest BCUT2D eigenvalue weighted by Crippen LogP contribution is -2.24. The van der Waals surface area contributed by atoms with Gasteiger partial charge in [0.2, 0.25) is 0 Å². The van der Waals surface area contributed by atoms with Crippen LogP contribution >= 0.6 is 11.6 Å². The van der Waals surface area contributed by atoms with Gasteiger partial charge < -0.3 is 5.32 Å². The highest BCUT2D eigenvalue weighted by atomic mass is 35.5. The van der Waals surface area contributed by atoms with Gasteiger partial charge in [-0.1, -0.05) is 29.8 Å². The average Bonchev–Trinajstić information content (AvgIpc) is 2.45. The van der Waals surface area contributed by atoms with E-state index in [4.69, 9.17) is 11.6 Å². The number of hydrogen-bond donors (Lipinski definition) is 1. The van der Waals surface area contributed by atoms with Crippen molar-refractivity contribution in [2.75, 3.05) is 0 Å². The molecule has 108 valence electrons. The third kappa shape index (κ3) is 3.55. The Morgan fingerprint density at radius 3 is 2.71 bits per heavy atom. The van der Waals surface area contributed by atoms with Gasteiger partial charge in [0.05, 0.1) is 4.92 Å². The molecule has 6 nitrogen and oxygen atoms in total. The quantitative estimate of drug-likeness (QED) is 0.534. The molecule has 1 aromatic carbocycles. The Bertz CT molecular complexity index is 704. The van der Waals surface area contributed by atoms with E-state index in [2.05, 4.69) is 10.3 Å². The molecule has 2 rings (SSSR count). The third-order valence-electron chi connectivity index (χ3n) is 3.00. The van der Waals surface area contributed by atoms with Gasteiger partial charge in [0.25, 0.3) is 11.6 Å². The zero-order chi connectivity index (χ0) is 15.4. The molecular weight excluding hydrogens is 294 g/mol. The van der Waals surface area contributed by atoms with E-state index in [0.29, 0.717) is 11.1 Å². The van der Waals surface area contributed by atoms with Crippen LogP contribution < -0.4 is 5.32 Å². The zero-order valence-corrected chi connectivity index (χ0v) is 11.9. The van der Waals surface area contributed by atoms with Gasteiger partial charge in [0.15, 0.2) is 0 Å². The summed E-state index contributed by atoms with van der Waals surface area (Å²) in [6.45, 7) is 1.83. The Kier molecular flexibility index (Phi) is 4.49. The van der Waals surface area contributed by atoms with Crippen molar-refractivity contribution >= 4 is 23.2 Å². The molecule has 0 saturated carbocycles. The molecule has 7 heteroatoms. The van der Waals surface area contributed by atoms with Crippen LogP contribution in [-0.4, -0.2) is 15.8 Å². The lowest BCUT2D eigenvalue weighted by Gasteiger charge is -2.08. The number of hydrogen-bond acceptors (Lipinski definition) is 4. The SMILES string of the molecule is Cc1c(CNC(=O)c2cccc(Cl)n2)cccc1[N+](=O)[O-]. The summed E-state index contributed by atoms with van der Waals surface area (Å²) in [5.41, 5.74) is 1.44. The zero-order valence-electron chi connectivity index (χ0n) is 11.2. The second kappa shape index (κ2) is 6.32. The molecule has 0 aliphatic carbocycles. The van der Waals surface area contributed by atoms with Crippen LogP contribution in [0.5, 0.6) is 0 Å². The number of aromatic nitrogens is 1. The number of nitrogens with one attached hydrogen (secondary N) is 1. The molecule has 0 bridgehead atoms. The number of rotatable bonds is 4. The van der Waals surface area contributed by atoms with Crippen molar-refractivity contribution < 1.29 is 9.72 Å². The molecule has 0 spiro atoms. The molecule has 1 heterocycles. The van der Waals surface area contributed by atoms with Crippen molar-refractivity contribution in [3.8, 4) is 0 Å². The molecule has 0 saturated heterocycles. The number of carbonyl (C=O) groups excluding carboxylic acids is 1. The molecule has 0 atom stereocenters. The van der Waals surface area contributed by atoms with Crippen LogP contribution in [0.3, 0.4) is 0 Å². The monoisotopic (exact) mass is 305 g/mol. The predicted octanol–water partition coefficient (Wildman–Crippen LogP) is 2.88. The summed E-state index contributed by atoms with van der Waals surface area (Å²) in [7, 11) is 0. The lowest BCUT2D eigenvalue weighted by atomic mass is 10.1. The largest absolute Gasteiger partial charge is 0.347 e. The minimum absolute atomic E-state index is 0.0302. The second-order valence-corrected chi connectivity index (χ2v) is 4.73. The van der Waals surface area contributed by atoms with Gasteiger partial charge in [-0.05, 0) is 24.6 Å². The number of carbonyl (C=O) groups is 1. The van der Waals surface area contributed by atoms with Crippen LogP contribution in [0.1, 0.15) is 21.6 Å². The van der Waals surface area contributed by atoms with Crippen molar-refractivity contribution in [1.82, 2.24) is 10.3 Å². The molecule has 1 aromatic heterocycles. The van der Waals surface area contributed by atoms with Gasteiger partial charge in [-0.25, -0.2) is 4.98 Å². The molecule has 0 aliphatic rings. The number of benzene rings is 1. The van der Waals surface area contributed by atoms with Crippen molar-refractivity contribution in [2.45, 2.75) is 13.5 Å². The van der Waals surface area contributed by atoms with Crippen molar-refractivity contribution in [3.63, 3.8) is 0 Å². The topological polar surface area (TPSA) is 85.1 Å². The first-order valence-corrected chi connectivity index (χ1v) is 6.50. The summed E-state index contributed by atoms with van der Waals surface area (Å²) in [5.74, 6) is -0.386. The van der Waals surface area contributed by atoms with Crippen LogP contribution in [0.2, 0.25) is 5.15 Å². The van der Waals surface area contributed by atoms with Gasteiger partial charge in [-0.2, -0.15) is 0 Å². The van der Waals surface area contributed by atoms with Crippen LogP contribution in [0.25, 0.3) is 0 Å². The number of nitro groups is 1. The molecule has 2 aromatic rings. The van der Waals surface area contributed by atoms with Gasteiger partial charge in [0.1, 0.15) is 10.8 Å². The fraction of sp³-hybridized carbons (Fsp3) is 0.143. The van der Waals surface area contributed by atoms with Crippen LogP contribution in [0.15, 0.2) is 36.4 Å². The van der Waals surface area contributed by atoms with E-state index in [-0.39, 0.29) is 29.0 Å². The smallest absolute Gasteiger partial charge is 0.272 e. The summed E-state index contributed by atoms with van der Waals surface area (Å²) in [6.07, 6.45) is 0. The average molecular weight is 306 g/mol. The summed E-state index contributed by atoms with van der Waals surface area (Å²) >= 11 is 5.72. The highest BCUT2D eigenvalue weighted by molar-refractivity contribution is 6.29. The molecular formula is C14H12ClN3O3. The first-order chi connectivity index (χ1) is 9.99. The summed E-state index contributed by atoms with van der Waals surface area (Å²) in [5, 5.41) is 13.8. The molecule has 21 heavy (non-hydrogen) atoms. The number of halogens is 1. The van der Waals surface area contributed by atoms with Crippen molar-refractivity contribution in [3.05, 3.63) is 68.5 Å². The van der Waals surface area contributed by atoms with E-state index in [0.717, 1.165) is 0 Å². The first-order valence-electron chi connectivity index (χ1n) is 6.12. The van der Waals surface area contributed by atoms with Gasteiger partial charge in [0, 0.05) is 18.2 Å². The van der Waals surface area contributed by atoms with Gasteiger partial charge >= 0.3 is 0 Å². The Hall–Kier alpha value is -2.47. The van der Waals surface area contributed by atoms with E-state index in [9.17, 15) is 14.9 Å². The van der Waals surface area contributed by atoms with E-state index in [1.54, 1.807) is 37.3 Å². The predicted molar refractivity (Wildman–Crippen MR) is 78.3 cm³/mol. The Morgan fingerprint density at radius 2 is 2.05 bits per heavy atom. The summed E-state index contributed by atoms with van der Waals surface area (Å²) in [4.78, 5) is 26.3. The summed E-state index contributed by atoms with van der Waals surface area (Å²) in [6, 6.07) is 9.49. The number of pyridine rings is 1. The van der Waals surface area contributed by atoms with Gasteiger partial charge in [-0.15, -0.1) is 0 Å². The molecule has 1 N–H and O–H groups in total. The molecule has 0 unspecified atom stereocenters. The Labute approximate surface area is 125 Å². The highest BCUT2D eigenvalue weighted by Gasteiger charge is 2.14. The third-order valence-corrected chi connectivity index (χ3v) is 3.21. The fourth-order valence-corrected chi connectivity index (χ4v) is 2.02. The fourth-order valence-electron chi connectivity index (χ4n) is 1.86.